The molecule has 1 aromatic carbocycles. The molecule has 0 saturated carbocycles. The fourth-order valence-corrected chi connectivity index (χ4v) is 4.76. The Hall–Kier alpha value is -1.99. The van der Waals surface area contributed by atoms with Gasteiger partial charge in [0.2, 0.25) is 11.8 Å². The van der Waals surface area contributed by atoms with E-state index in [4.69, 9.17) is 0 Å². The topological polar surface area (TPSA) is 64.7 Å². The van der Waals surface area contributed by atoms with Gasteiger partial charge in [0.25, 0.3) is 0 Å². The van der Waals surface area contributed by atoms with Crippen LogP contribution in [0.15, 0.2) is 12.1 Å². The molecule has 0 radical (unpaired) electrons. The van der Waals surface area contributed by atoms with Crippen LogP contribution in [0.5, 0.6) is 0 Å². The van der Waals surface area contributed by atoms with Crippen LogP contribution in [0.1, 0.15) is 37.3 Å². The molecule has 4 rings (SSSR count). The van der Waals surface area contributed by atoms with Crippen molar-refractivity contribution in [3.05, 3.63) is 29.1 Å². The molecule has 28 heavy (non-hydrogen) atoms. The molecule has 152 valence electrons. The van der Waals surface area contributed by atoms with Crippen molar-refractivity contribution in [2.75, 3.05) is 38.0 Å². The highest BCUT2D eigenvalue weighted by atomic mass is 19.1. The molecular weight excluding hydrogens is 359 g/mol. The maximum absolute atomic E-state index is 14.8. The molecule has 2 fully saturated rings. The average molecular weight is 388 g/mol. The molecule has 2 amide bonds. The van der Waals surface area contributed by atoms with Gasteiger partial charge in [-0.25, -0.2) is 4.39 Å². The number of carbonyl (C=O) groups is 2. The summed E-state index contributed by atoms with van der Waals surface area (Å²) in [7, 11) is 0. The predicted molar refractivity (Wildman–Crippen MR) is 105 cm³/mol. The number of halogens is 1. The van der Waals surface area contributed by atoms with Gasteiger partial charge in [0.05, 0.1) is 11.6 Å². The summed E-state index contributed by atoms with van der Waals surface area (Å²) < 4.78 is 14.8. The molecule has 2 N–H and O–H groups in total. The summed E-state index contributed by atoms with van der Waals surface area (Å²) in [5.41, 5.74) is 1.85. The van der Waals surface area contributed by atoms with Crippen LogP contribution in [0, 0.1) is 11.7 Å². The molecule has 0 aliphatic carbocycles. The molecular formula is C21H29FN4O2. The second kappa shape index (κ2) is 8.17. The quantitative estimate of drug-likeness (QED) is 0.807. The number of amides is 2. The number of fused-ring (bicyclic) bond motifs is 1. The predicted octanol–water partition coefficient (Wildman–Crippen LogP) is 1.74. The number of rotatable bonds is 5. The molecule has 2 saturated heterocycles. The van der Waals surface area contributed by atoms with Gasteiger partial charge in [-0.15, -0.1) is 0 Å². The summed E-state index contributed by atoms with van der Waals surface area (Å²) in [6, 6.07) is 3.89. The van der Waals surface area contributed by atoms with E-state index in [0.717, 1.165) is 38.0 Å². The van der Waals surface area contributed by atoms with Crippen LogP contribution >= 0.6 is 0 Å². The normalized spacial score (nSPS) is 25.2. The Morgan fingerprint density at radius 1 is 1.39 bits per heavy atom. The molecule has 6 nitrogen and oxygen atoms in total. The second-order valence-electron chi connectivity index (χ2n) is 8.11. The molecule has 3 aliphatic heterocycles. The SMILES string of the molecule is CCN1CCCC1CN1CC(C(=O)Nc2ccc3c(c2F)CCNC3)CC1=O. The Balaban J connectivity index is 1.39. The fourth-order valence-electron chi connectivity index (χ4n) is 4.76. The maximum Gasteiger partial charge on any atom is 0.229 e. The first-order valence-corrected chi connectivity index (χ1v) is 10.4. The van der Waals surface area contributed by atoms with Gasteiger partial charge in [0.15, 0.2) is 0 Å². The van der Waals surface area contributed by atoms with E-state index in [0.29, 0.717) is 37.7 Å². The third kappa shape index (κ3) is 3.78. The maximum atomic E-state index is 14.8. The Labute approximate surface area is 165 Å². The number of nitrogens with one attached hydrogen (secondary N) is 2. The highest BCUT2D eigenvalue weighted by Crippen LogP contribution is 2.27. The first-order valence-electron chi connectivity index (χ1n) is 10.4. The van der Waals surface area contributed by atoms with E-state index >= 15 is 0 Å². The zero-order valence-corrected chi connectivity index (χ0v) is 16.5. The average Bonchev–Trinajstić information content (AvgIpc) is 3.31. The number of anilines is 1. The lowest BCUT2D eigenvalue weighted by Crippen LogP contribution is -2.41. The van der Waals surface area contributed by atoms with Crippen molar-refractivity contribution >= 4 is 17.5 Å². The van der Waals surface area contributed by atoms with Crippen LogP contribution < -0.4 is 10.6 Å². The smallest absolute Gasteiger partial charge is 0.229 e. The monoisotopic (exact) mass is 388 g/mol. The van der Waals surface area contributed by atoms with E-state index in [9.17, 15) is 14.0 Å². The highest BCUT2D eigenvalue weighted by Gasteiger charge is 2.37. The van der Waals surface area contributed by atoms with E-state index in [1.165, 1.54) is 0 Å². The zero-order valence-electron chi connectivity index (χ0n) is 16.5. The van der Waals surface area contributed by atoms with E-state index in [2.05, 4.69) is 22.5 Å². The molecule has 0 bridgehead atoms. The third-order valence-electron chi connectivity index (χ3n) is 6.39. The van der Waals surface area contributed by atoms with Crippen molar-refractivity contribution < 1.29 is 14.0 Å². The largest absolute Gasteiger partial charge is 0.340 e. The van der Waals surface area contributed by atoms with Gasteiger partial charge in [-0.05, 0) is 56.1 Å². The molecule has 7 heteroatoms. The number of likely N-dealkylation sites (tertiary alicyclic amines) is 2. The van der Waals surface area contributed by atoms with Crippen molar-refractivity contribution in [3.8, 4) is 0 Å². The van der Waals surface area contributed by atoms with Crippen molar-refractivity contribution in [3.63, 3.8) is 0 Å². The lowest BCUT2D eigenvalue weighted by molar-refractivity contribution is -0.128. The fraction of sp³-hybridized carbons (Fsp3) is 0.619. The van der Waals surface area contributed by atoms with Crippen LogP contribution in [-0.4, -0.2) is 60.4 Å². The summed E-state index contributed by atoms with van der Waals surface area (Å²) in [6.07, 6.45) is 3.10. The highest BCUT2D eigenvalue weighted by molar-refractivity contribution is 5.97. The van der Waals surface area contributed by atoms with Gasteiger partial charge in [-0.2, -0.15) is 0 Å². The number of hydrogen-bond donors (Lipinski definition) is 2. The van der Waals surface area contributed by atoms with Crippen LogP contribution in [0.4, 0.5) is 10.1 Å². The molecule has 3 heterocycles. The number of hydrogen-bond acceptors (Lipinski definition) is 4. The van der Waals surface area contributed by atoms with Crippen molar-refractivity contribution in [1.82, 2.24) is 15.1 Å². The summed E-state index contributed by atoms with van der Waals surface area (Å²) in [4.78, 5) is 29.4. The number of carbonyl (C=O) groups excluding carboxylic acids is 2. The van der Waals surface area contributed by atoms with Gasteiger partial charge in [-0.3, -0.25) is 14.5 Å². The molecule has 3 aliphatic rings. The lowest BCUT2D eigenvalue weighted by atomic mass is 9.99. The summed E-state index contributed by atoms with van der Waals surface area (Å²) >= 11 is 0. The first-order chi connectivity index (χ1) is 13.6. The van der Waals surface area contributed by atoms with Gasteiger partial charge < -0.3 is 15.5 Å². The van der Waals surface area contributed by atoms with Gasteiger partial charge in [0.1, 0.15) is 5.82 Å². The number of likely N-dealkylation sites (N-methyl/N-ethyl adjacent to an activating group) is 1. The molecule has 0 aromatic heterocycles. The van der Waals surface area contributed by atoms with Crippen LogP contribution in [0.2, 0.25) is 0 Å². The minimum Gasteiger partial charge on any atom is -0.340 e. The van der Waals surface area contributed by atoms with Crippen molar-refractivity contribution in [2.45, 2.75) is 45.2 Å². The Bertz CT molecular complexity index is 769. The minimum absolute atomic E-state index is 0.0279. The van der Waals surface area contributed by atoms with Crippen molar-refractivity contribution in [1.29, 1.82) is 0 Å². The number of benzene rings is 1. The van der Waals surface area contributed by atoms with Gasteiger partial charge in [0, 0.05) is 32.1 Å². The van der Waals surface area contributed by atoms with E-state index in [1.807, 2.05) is 11.0 Å². The molecule has 1 aromatic rings. The number of nitrogens with zero attached hydrogens (tertiary/aromatic N) is 2. The van der Waals surface area contributed by atoms with Crippen LogP contribution in [0.25, 0.3) is 0 Å². The van der Waals surface area contributed by atoms with Gasteiger partial charge >= 0.3 is 0 Å². The molecule has 2 atom stereocenters. The first kappa shape index (κ1) is 19.3. The lowest BCUT2D eigenvalue weighted by Gasteiger charge is -2.27. The van der Waals surface area contributed by atoms with Crippen molar-refractivity contribution in [2.24, 2.45) is 5.92 Å². The van der Waals surface area contributed by atoms with Crippen LogP contribution in [-0.2, 0) is 22.6 Å². The standard InChI is InChI=1S/C21H29FN4O2/c1-2-25-9-3-4-16(25)13-26-12-15(10-19(26)27)21(28)24-18-6-5-14-11-23-8-7-17(14)20(18)22/h5-6,15-16,23H,2-4,7-13H2,1H3,(H,24,28). The summed E-state index contributed by atoms with van der Waals surface area (Å²) in [5, 5.41) is 5.95. The van der Waals surface area contributed by atoms with E-state index in [-0.39, 0.29) is 29.7 Å². The molecule has 2 unspecified atom stereocenters. The minimum atomic E-state index is -0.416. The van der Waals surface area contributed by atoms with E-state index in [1.54, 1.807) is 6.07 Å². The molecule has 0 spiro atoms. The summed E-state index contributed by atoms with van der Waals surface area (Å²) in [6.45, 7) is 6.73. The Morgan fingerprint density at radius 2 is 2.25 bits per heavy atom. The zero-order chi connectivity index (χ0) is 19.7. The Morgan fingerprint density at radius 3 is 3.07 bits per heavy atom. The van der Waals surface area contributed by atoms with E-state index < -0.39 is 5.92 Å². The van der Waals surface area contributed by atoms with Gasteiger partial charge in [-0.1, -0.05) is 13.0 Å². The Kier molecular flexibility index (Phi) is 5.64. The summed E-state index contributed by atoms with van der Waals surface area (Å²) in [5.74, 6) is -0.985. The second-order valence-corrected chi connectivity index (χ2v) is 8.11. The van der Waals surface area contributed by atoms with Crippen LogP contribution in [0.3, 0.4) is 0 Å². The third-order valence-corrected chi connectivity index (χ3v) is 6.39.